The van der Waals surface area contributed by atoms with E-state index in [1.807, 2.05) is 23.1 Å². The second-order valence-electron chi connectivity index (χ2n) is 9.95. The number of hydrogen-bond donors (Lipinski definition) is 1. The number of ether oxygens (including phenoxy) is 2. The van der Waals surface area contributed by atoms with Gasteiger partial charge >= 0.3 is 0 Å². The van der Waals surface area contributed by atoms with E-state index in [-0.39, 0.29) is 6.23 Å². The van der Waals surface area contributed by atoms with E-state index in [1.165, 1.54) is 5.69 Å². The van der Waals surface area contributed by atoms with Crippen molar-refractivity contribution in [2.24, 2.45) is 0 Å². The fourth-order valence-electron chi connectivity index (χ4n) is 5.51. The lowest BCUT2D eigenvalue weighted by molar-refractivity contribution is -0.0383. The molecule has 0 amide bonds. The van der Waals surface area contributed by atoms with Crippen molar-refractivity contribution in [3.05, 3.63) is 30.6 Å². The molecule has 0 bridgehead atoms. The molecule has 9 heteroatoms. The Morgan fingerprint density at radius 1 is 1.06 bits per heavy atom. The lowest BCUT2D eigenvalue weighted by Crippen LogP contribution is -2.54. The first-order valence-electron chi connectivity index (χ1n) is 13.0. The largest absolute Gasteiger partial charge is 0.378 e. The molecular formula is C26H35N7O2. The van der Waals surface area contributed by atoms with Gasteiger partial charge in [-0.05, 0) is 45.2 Å². The van der Waals surface area contributed by atoms with Gasteiger partial charge in [-0.25, -0.2) is 9.67 Å². The van der Waals surface area contributed by atoms with E-state index in [2.05, 4.69) is 46.2 Å². The van der Waals surface area contributed by atoms with Gasteiger partial charge in [0.25, 0.3) is 0 Å². The molecule has 35 heavy (non-hydrogen) atoms. The quantitative estimate of drug-likeness (QED) is 0.614. The molecular weight excluding hydrogens is 442 g/mol. The molecule has 186 valence electrons. The molecule has 3 atom stereocenters. The SMILES string of the molecule is C[C@@H]1CN(c2cc(N3CCOCC3)nc3c(-c4ccnn4C4CCCCO4)nccc23)[C@@H](C)CN1. The Morgan fingerprint density at radius 3 is 2.77 bits per heavy atom. The predicted octanol–water partition coefficient (Wildman–Crippen LogP) is 3.22. The number of rotatable bonds is 4. The summed E-state index contributed by atoms with van der Waals surface area (Å²) in [6.45, 7) is 10.4. The van der Waals surface area contributed by atoms with Gasteiger partial charge in [0, 0.05) is 68.7 Å². The molecule has 0 saturated carbocycles. The summed E-state index contributed by atoms with van der Waals surface area (Å²) in [5.41, 5.74) is 3.96. The molecule has 9 nitrogen and oxygen atoms in total. The Balaban J connectivity index is 1.51. The average molecular weight is 478 g/mol. The standard InChI is InChI=1S/C26H35N7O2/c1-18-17-32(19(2)16-28-18)22-15-23(31-10-13-34-14-11-31)30-25-20(22)6-8-27-26(25)21-7-9-29-33(21)24-5-3-4-12-35-24/h6-9,15,18-19,24,28H,3-5,10-14,16-17H2,1-2H3/t18-,19+,24?/m1/s1. The van der Waals surface area contributed by atoms with Gasteiger partial charge in [-0.15, -0.1) is 0 Å². The highest BCUT2D eigenvalue weighted by molar-refractivity contribution is 6.00. The van der Waals surface area contributed by atoms with E-state index in [9.17, 15) is 0 Å². The lowest BCUT2D eigenvalue weighted by atomic mass is 10.1. The summed E-state index contributed by atoms with van der Waals surface area (Å²) in [5.74, 6) is 0.989. The maximum absolute atomic E-state index is 6.08. The minimum atomic E-state index is -0.0539. The van der Waals surface area contributed by atoms with E-state index < -0.39 is 0 Å². The van der Waals surface area contributed by atoms with Crippen LogP contribution in [0.5, 0.6) is 0 Å². The third-order valence-corrected chi connectivity index (χ3v) is 7.44. The molecule has 3 aliphatic rings. The molecule has 3 fully saturated rings. The van der Waals surface area contributed by atoms with Crippen LogP contribution in [0.15, 0.2) is 30.6 Å². The molecule has 0 spiro atoms. The normalized spacial score (nSPS) is 25.8. The molecule has 3 saturated heterocycles. The maximum Gasteiger partial charge on any atom is 0.150 e. The third kappa shape index (κ3) is 4.37. The van der Waals surface area contributed by atoms with Crippen LogP contribution in [0.4, 0.5) is 11.5 Å². The van der Waals surface area contributed by atoms with Crippen molar-refractivity contribution in [3.63, 3.8) is 0 Å². The van der Waals surface area contributed by atoms with Gasteiger partial charge in [0.1, 0.15) is 17.0 Å². The van der Waals surface area contributed by atoms with E-state index in [1.54, 1.807) is 0 Å². The highest BCUT2D eigenvalue weighted by Gasteiger charge is 2.28. The number of aromatic nitrogens is 4. The van der Waals surface area contributed by atoms with Gasteiger partial charge in [0.2, 0.25) is 0 Å². The molecule has 3 aromatic rings. The van der Waals surface area contributed by atoms with Crippen LogP contribution in [0.1, 0.15) is 39.3 Å². The van der Waals surface area contributed by atoms with Crippen LogP contribution in [0.3, 0.4) is 0 Å². The second-order valence-corrected chi connectivity index (χ2v) is 9.95. The van der Waals surface area contributed by atoms with Crippen LogP contribution >= 0.6 is 0 Å². The van der Waals surface area contributed by atoms with Gasteiger partial charge in [-0.1, -0.05) is 0 Å². The molecule has 6 rings (SSSR count). The third-order valence-electron chi connectivity index (χ3n) is 7.44. The zero-order chi connectivity index (χ0) is 23.8. The molecule has 0 aliphatic carbocycles. The summed E-state index contributed by atoms with van der Waals surface area (Å²) in [7, 11) is 0. The summed E-state index contributed by atoms with van der Waals surface area (Å²) in [5, 5.41) is 9.39. The van der Waals surface area contributed by atoms with Crippen molar-refractivity contribution in [3.8, 4) is 11.4 Å². The summed E-state index contributed by atoms with van der Waals surface area (Å²) in [4.78, 5) is 14.9. The van der Waals surface area contributed by atoms with E-state index in [4.69, 9.17) is 19.4 Å². The first kappa shape index (κ1) is 22.7. The second kappa shape index (κ2) is 9.72. The zero-order valence-electron chi connectivity index (χ0n) is 20.7. The fourth-order valence-corrected chi connectivity index (χ4v) is 5.51. The zero-order valence-corrected chi connectivity index (χ0v) is 20.7. The molecule has 3 aromatic heterocycles. The van der Waals surface area contributed by atoms with Gasteiger partial charge in [-0.3, -0.25) is 4.98 Å². The van der Waals surface area contributed by atoms with Crippen molar-refractivity contribution in [2.75, 3.05) is 55.8 Å². The summed E-state index contributed by atoms with van der Waals surface area (Å²) >= 11 is 0. The van der Waals surface area contributed by atoms with Gasteiger partial charge < -0.3 is 24.6 Å². The van der Waals surface area contributed by atoms with Crippen molar-refractivity contribution < 1.29 is 9.47 Å². The topological polar surface area (TPSA) is 80.6 Å². The fraction of sp³-hybridized carbons (Fsp3) is 0.577. The van der Waals surface area contributed by atoms with Crippen molar-refractivity contribution in [1.82, 2.24) is 25.1 Å². The average Bonchev–Trinajstić information content (AvgIpc) is 3.40. The first-order chi connectivity index (χ1) is 17.2. The minimum absolute atomic E-state index is 0.0539. The minimum Gasteiger partial charge on any atom is -0.378 e. The number of hydrogen-bond acceptors (Lipinski definition) is 8. The number of anilines is 2. The highest BCUT2D eigenvalue weighted by Crippen LogP contribution is 2.37. The van der Waals surface area contributed by atoms with Crippen LogP contribution < -0.4 is 15.1 Å². The summed E-state index contributed by atoms with van der Waals surface area (Å²) in [6, 6.07) is 7.23. The van der Waals surface area contributed by atoms with Gasteiger partial charge in [0.15, 0.2) is 6.23 Å². The molecule has 0 radical (unpaired) electrons. The lowest BCUT2D eigenvalue weighted by Gasteiger charge is -2.40. The summed E-state index contributed by atoms with van der Waals surface area (Å²) in [6.07, 6.45) is 6.92. The van der Waals surface area contributed by atoms with Gasteiger partial charge in [0.05, 0.1) is 24.6 Å². The molecule has 0 aromatic carbocycles. The predicted molar refractivity (Wildman–Crippen MR) is 137 cm³/mol. The van der Waals surface area contributed by atoms with Crippen molar-refractivity contribution in [2.45, 2.75) is 51.4 Å². The Labute approximate surface area is 206 Å². The number of piperazine rings is 1. The first-order valence-corrected chi connectivity index (χ1v) is 13.0. The maximum atomic E-state index is 6.08. The number of morpholine rings is 1. The number of pyridine rings is 2. The van der Waals surface area contributed by atoms with E-state index in [0.717, 1.165) is 93.4 Å². The molecule has 6 heterocycles. The van der Waals surface area contributed by atoms with E-state index >= 15 is 0 Å². The Kier molecular flexibility index (Phi) is 6.30. The Hall–Kier alpha value is -2.75. The van der Waals surface area contributed by atoms with Crippen LogP contribution in [0.25, 0.3) is 22.3 Å². The number of fused-ring (bicyclic) bond motifs is 1. The molecule has 1 unspecified atom stereocenters. The smallest absolute Gasteiger partial charge is 0.150 e. The molecule has 1 N–H and O–H groups in total. The van der Waals surface area contributed by atoms with Crippen LogP contribution in [-0.2, 0) is 9.47 Å². The van der Waals surface area contributed by atoms with Crippen LogP contribution in [0, 0.1) is 0 Å². The number of nitrogens with one attached hydrogen (secondary N) is 1. The monoisotopic (exact) mass is 477 g/mol. The van der Waals surface area contributed by atoms with Crippen LogP contribution in [-0.4, -0.2) is 77.8 Å². The van der Waals surface area contributed by atoms with Crippen LogP contribution in [0.2, 0.25) is 0 Å². The summed E-state index contributed by atoms with van der Waals surface area (Å²) < 4.78 is 13.7. The Bertz CT molecular complexity index is 1170. The van der Waals surface area contributed by atoms with E-state index in [0.29, 0.717) is 12.1 Å². The van der Waals surface area contributed by atoms with Gasteiger partial charge in [-0.2, -0.15) is 5.10 Å². The molecule has 3 aliphatic heterocycles. The number of nitrogens with zero attached hydrogens (tertiary/aromatic N) is 6. The van der Waals surface area contributed by atoms with Crippen molar-refractivity contribution in [1.29, 1.82) is 0 Å². The highest BCUT2D eigenvalue weighted by atomic mass is 16.5. The van der Waals surface area contributed by atoms with Crippen molar-refractivity contribution >= 4 is 22.4 Å². The Morgan fingerprint density at radius 2 is 1.94 bits per heavy atom.